The number of aromatic nitrogens is 4. The summed E-state index contributed by atoms with van der Waals surface area (Å²) in [7, 11) is 0. The molecule has 0 aliphatic carbocycles. The first-order valence-electron chi connectivity index (χ1n) is 11.8. The zero-order valence-electron chi connectivity index (χ0n) is 19.7. The maximum atomic E-state index is 12.8. The summed E-state index contributed by atoms with van der Waals surface area (Å²) in [5.74, 6) is -0.158. The van der Waals surface area contributed by atoms with Crippen LogP contribution in [0.1, 0.15) is 64.2 Å². The average Bonchev–Trinajstić information content (AvgIpc) is 3.28. The molecule has 178 valence electrons. The quantitative estimate of drug-likeness (QED) is 0.239. The Kier molecular flexibility index (Phi) is 7.77. The van der Waals surface area contributed by atoms with Crippen molar-refractivity contribution in [2.24, 2.45) is 0 Å². The number of nitrogens with zero attached hydrogens (tertiary/aromatic N) is 4. The molecule has 0 saturated carbocycles. The Balaban J connectivity index is 1.55. The summed E-state index contributed by atoms with van der Waals surface area (Å²) >= 11 is 0. The fourth-order valence-electron chi connectivity index (χ4n) is 3.95. The fourth-order valence-corrected chi connectivity index (χ4v) is 3.95. The van der Waals surface area contributed by atoms with E-state index in [1.807, 2.05) is 53.2 Å². The monoisotopic (exact) mass is 468 g/mol. The van der Waals surface area contributed by atoms with Crippen molar-refractivity contribution in [2.45, 2.75) is 45.6 Å². The van der Waals surface area contributed by atoms with E-state index >= 15 is 0 Å². The van der Waals surface area contributed by atoms with Gasteiger partial charge in [-0.25, -0.2) is 14.5 Å². The predicted molar refractivity (Wildman–Crippen MR) is 133 cm³/mol. The molecule has 0 radical (unpaired) electrons. The van der Waals surface area contributed by atoms with Crippen molar-refractivity contribution in [1.29, 1.82) is 0 Å². The van der Waals surface area contributed by atoms with Crippen LogP contribution in [0.15, 0.2) is 72.9 Å². The van der Waals surface area contributed by atoms with Crippen LogP contribution >= 0.6 is 0 Å². The SMILES string of the molecule is CCCCCn1nc(C(=O)Cc2ccccc2)nc1Cc1ccc(-c2ccccc2C(=O)O)cn1. The van der Waals surface area contributed by atoms with Gasteiger partial charge in [-0.05, 0) is 29.7 Å². The largest absolute Gasteiger partial charge is 0.478 e. The van der Waals surface area contributed by atoms with Crippen molar-refractivity contribution in [1.82, 2.24) is 19.7 Å². The summed E-state index contributed by atoms with van der Waals surface area (Å²) in [5, 5.41) is 14.0. The van der Waals surface area contributed by atoms with Crippen LogP contribution in [0.25, 0.3) is 11.1 Å². The molecule has 35 heavy (non-hydrogen) atoms. The highest BCUT2D eigenvalue weighted by molar-refractivity contribution is 5.96. The number of rotatable bonds is 11. The van der Waals surface area contributed by atoms with Crippen LogP contribution < -0.4 is 0 Å². The third-order valence-electron chi connectivity index (χ3n) is 5.81. The molecule has 4 aromatic rings. The van der Waals surface area contributed by atoms with Gasteiger partial charge < -0.3 is 5.11 Å². The molecule has 0 bridgehead atoms. The van der Waals surface area contributed by atoms with Crippen molar-refractivity contribution in [3.63, 3.8) is 0 Å². The predicted octanol–water partition coefficient (Wildman–Crippen LogP) is 5.24. The second-order valence-corrected chi connectivity index (χ2v) is 8.43. The lowest BCUT2D eigenvalue weighted by molar-refractivity contribution is 0.0697. The van der Waals surface area contributed by atoms with Gasteiger partial charge in [-0.15, -0.1) is 5.10 Å². The Morgan fingerprint density at radius 3 is 2.43 bits per heavy atom. The molecule has 7 nitrogen and oxygen atoms in total. The molecule has 0 fully saturated rings. The molecule has 2 aromatic heterocycles. The van der Waals surface area contributed by atoms with E-state index < -0.39 is 5.97 Å². The molecule has 2 aromatic carbocycles. The topological polar surface area (TPSA) is 98.0 Å². The van der Waals surface area contributed by atoms with E-state index in [4.69, 9.17) is 0 Å². The van der Waals surface area contributed by atoms with Gasteiger partial charge in [-0.1, -0.05) is 74.4 Å². The number of carbonyl (C=O) groups excluding carboxylic acids is 1. The van der Waals surface area contributed by atoms with Crippen molar-refractivity contribution < 1.29 is 14.7 Å². The van der Waals surface area contributed by atoms with E-state index in [0.717, 1.165) is 36.1 Å². The number of hydrogen-bond acceptors (Lipinski definition) is 5. The number of pyridine rings is 1. The molecule has 7 heteroatoms. The van der Waals surface area contributed by atoms with Crippen molar-refractivity contribution in [3.8, 4) is 11.1 Å². The van der Waals surface area contributed by atoms with Crippen molar-refractivity contribution in [2.75, 3.05) is 0 Å². The summed E-state index contributed by atoms with van der Waals surface area (Å²) in [5.41, 5.74) is 3.29. The molecule has 0 spiro atoms. The number of hydrogen-bond donors (Lipinski definition) is 1. The van der Waals surface area contributed by atoms with Gasteiger partial charge >= 0.3 is 5.97 Å². The second-order valence-electron chi connectivity index (χ2n) is 8.43. The standard InChI is InChI=1S/C28H28N4O3/c1-2-3-9-16-32-26(30-27(31-32)25(33)17-20-10-5-4-6-11-20)18-22-15-14-21(19-29-22)23-12-7-8-13-24(23)28(34)35/h4-8,10-15,19H,2-3,9,16-18H2,1H3,(H,34,35). The Bertz CT molecular complexity index is 1300. The van der Waals surface area contributed by atoms with Crippen LogP contribution in [0.4, 0.5) is 0 Å². The van der Waals surface area contributed by atoms with Gasteiger partial charge in [0.05, 0.1) is 5.56 Å². The van der Waals surface area contributed by atoms with Gasteiger partial charge in [0.2, 0.25) is 11.6 Å². The van der Waals surface area contributed by atoms with Crippen LogP contribution in [-0.4, -0.2) is 36.6 Å². The van der Waals surface area contributed by atoms with Crippen LogP contribution in [0.5, 0.6) is 0 Å². The third kappa shape index (κ3) is 6.06. The molecule has 0 amide bonds. The molecule has 2 heterocycles. The number of aryl methyl sites for hydroxylation is 1. The lowest BCUT2D eigenvalue weighted by Crippen LogP contribution is -2.08. The smallest absolute Gasteiger partial charge is 0.336 e. The molecule has 0 saturated heterocycles. The molecule has 0 atom stereocenters. The first-order chi connectivity index (χ1) is 17.0. The van der Waals surface area contributed by atoms with Crippen LogP contribution in [0.3, 0.4) is 0 Å². The van der Waals surface area contributed by atoms with E-state index in [-0.39, 0.29) is 23.6 Å². The highest BCUT2D eigenvalue weighted by Gasteiger charge is 2.18. The number of aromatic carboxylic acids is 1. The zero-order valence-corrected chi connectivity index (χ0v) is 19.7. The van der Waals surface area contributed by atoms with Gasteiger partial charge in [0, 0.05) is 36.8 Å². The number of carboxylic acid groups (broad SMARTS) is 1. The molecule has 1 N–H and O–H groups in total. The van der Waals surface area contributed by atoms with Crippen molar-refractivity contribution in [3.05, 3.63) is 101 Å². The fraction of sp³-hybridized carbons (Fsp3) is 0.250. The summed E-state index contributed by atoms with van der Waals surface area (Å²) in [6.07, 6.45) is 5.48. The highest BCUT2D eigenvalue weighted by Crippen LogP contribution is 2.23. The van der Waals surface area contributed by atoms with Gasteiger partial charge in [0.15, 0.2) is 0 Å². The highest BCUT2D eigenvalue weighted by atomic mass is 16.4. The molecule has 4 rings (SSSR count). The summed E-state index contributed by atoms with van der Waals surface area (Å²) in [6, 6.07) is 20.2. The van der Waals surface area contributed by atoms with E-state index in [1.54, 1.807) is 24.4 Å². The van der Waals surface area contributed by atoms with Crippen molar-refractivity contribution >= 4 is 11.8 Å². The number of Topliss-reactive ketones (excluding diaryl/α,β-unsaturated/α-hetero) is 1. The molecular formula is C28H28N4O3. The maximum Gasteiger partial charge on any atom is 0.336 e. The number of carbonyl (C=O) groups is 2. The first kappa shape index (κ1) is 24.0. The Morgan fingerprint density at radius 1 is 0.943 bits per heavy atom. The summed E-state index contributed by atoms with van der Waals surface area (Å²) < 4.78 is 1.82. The lowest BCUT2D eigenvalue weighted by atomic mass is 10.0. The first-order valence-corrected chi connectivity index (χ1v) is 11.8. The van der Waals surface area contributed by atoms with Gasteiger partial charge in [-0.3, -0.25) is 9.78 Å². The van der Waals surface area contributed by atoms with E-state index in [2.05, 4.69) is 22.0 Å². The van der Waals surface area contributed by atoms with Gasteiger partial charge in [0.1, 0.15) is 5.82 Å². The third-order valence-corrected chi connectivity index (χ3v) is 5.81. The van der Waals surface area contributed by atoms with E-state index in [1.165, 1.54) is 0 Å². The Hall–Kier alpha value is -4.13. The number of ketones is 1. The molecule has 0 aliphatic rings. The number of unbranched alkanes of at least 4 members (excludes halogenated alkanes) is 2. The van der Waals surface area contributed by atoms with E-state index in [0.29, 0.717) is 24.4 Å². The van der Waals surface area contributed by atoms with Crippen LogP contribution in [-0.2, 0) is 19.4 Å². The Morgan fingerprint density at radius 2 is 1.71 bits per heavy atom. The summed E-state index contributed by atoms with van der Waals surface area (Å²) in [4.78, 5) is 33.5. The minimum absolute atomic E-state index is 0.111. The minimum Gasteiger partial charge on any atom is -0.478 e. The minimum atomic E-state index is -0.974. The van der Waals surface area contributed by atoms with Gasteiger partial charge in [-0.2, -0.15) is 0 Å². The normalized spacial score (nSPS) is 10.9. The number of carboxylic acids is 1. The summed E-state index contributed by atoms with van der Waals surface area (Å²) in [6.45, 7) is 2.84. The zero-order chi connectivity index (χ0) is 24.6. The number of benzene rings is 2. The van der Waals surface area contributed by atoms with Gasteiger partial charge in [0.25, 0.3) is 0 Å². The van der Waals surface area contributed by atoms with Crippen LogP contribution in [0, 0.1) is 0 Å². The maximum absolute atomic E-state index is 12.8. The second kappa shape index (κ2) is 11.3. The average molecular weight is 469 g/mol. The molecule has 0 aliphatic heterocycles. The lowest BCUT2D eigenvalue weighted by Gasteiger charge is -2.08. The molecular weight excluding hydrogens is 440 g/mol. The molecule has 0 unspecified atom stereocenters. The van der Waals surface area contributed by atoms with Crippen LogP contribution in [0.2, 0.25) is 0 Å². The van der Waals surface area contributed by atoms with E-state index in [9.17, 15) is 14.7 Å². The Labute approximate surface area is 204 Å².